The number of amides is 1. The van der Waals surface area contributed by atoms with E-state index in [1.807, 2.05) is 32.2 Å². The molecule has 0 saturated heterocycles. The number of aromatic nitrogens is 3. The van der Waals surface area contributed by atoms with Crippen molar-refractivity contribution >= 4 is 16.9 Å². The quantitative estimate of drug-likeness (QED) is 0.804. The zero-order valence-corrected chi connectivity index (χ0v) is 13.2. The molecule has 0 aliphatic heterocycles. The summed E-state index contributed by atoms with van der Waals surface area (Å²) < 4.78 is 7.01. The monoisotopic (exact) mass is 310 g/mol. The minimum Gasteiger partial charge on any atom is -0.467 e. The summed E-state index contributed by atoms with van der Waals surface area (Å²) >= 11 is 0. The van der Waals surface area contributed by atoms with E-state index in [0.29, 0.717) is 18.0 Å². The van der Waals surface area contributed by atoms with Crippen LogP contribution in [-0.2, 0) is 13.6 Å². The van der Waals surface area contributed by atoms with Crippen molar-refractivity contribution in [2.24, 2.45) is 7.05 Å². The first kappa shape index (κ1) is 14.0. The Bertz CT molecular complexity index is 876. The van der Waals surface area contributed by atoms with E-state index in [1.54, 1.807) is 10.9 Å². The van der Waals surface area contributed by atoms with Crippen LogP contribution in [0.15, 0.2) is 28.9 Å². The molecule has 23 heavy (non-hydrogen) atoms. The Kier molecular flexibility index (Phi) is 3.18. The van der Waals surface area contributed by atoms with E-state index < -0.39 is 0 Å². The predicted octanol–water partition coefficient (Wildman–Crippen LogP) is 2.68. The van der Waals surface area contributed by atoms with E-state index in [0.717, 1.165) is 41.0 Å². The lowest BCUT2D eigenvalue weighted by molar-refractivity contribution is 0.0949. The molecule has 6 nitrogen and oxygen atoms in total. The van der Waals surface area contributed by atoms with E-state index >= 15 is 0 Å². The highest BCUT2D eigenvalue weighted by molar-refractivity contribution is 6.06. The van der Waals surface area contributed by atoms with Gasteiger partial charge >= 0.3 is 0 Å². The fraction of sp³-hybridized carbons (Fsp3) is 0.353. The maximum Gasteiger partial charge on any atom is 0.252 e. The molecule has 0 atom stereocenters. The zero-order chi connectivity index (χ0) is 16.0. The number of carbonyl (C=O) groups is 1. The third-order valence-corrected chi connectivity index (χ3v) is 4.23. The van der Waals surface area contributed by atoms with Gasteiger partial charge in [-0.25, -0.2) is 4.98 Å². The molecule has 4 rings (SSSR count). The Balaban J connectivity index is 1.73. The molecule has 1 amide bonds. The second kappa shape index (κ2) is 5.22. The fourth-order valence-electron chi connectivity index (χ4n) is 2.91. The van der Waals surface area contributed by atoms with Crippen molar-refractivity contribution in [3.8, 4) is 0 Å². The molecule has 0 spiro atoms. The second-order valence-electron chi connectivity index (χ2n) is 6.04. The number of carbonyl (C=O) groups excluding carboxylic acids is 1. The Labute approximate surface area is 133 Å². The SMILES string of the molecule is Cc1nn(C)c2nc(C3CC3)cc(C(=O)NCc3ccco3)c12. The molecule has 118 valence electrons. The predicted molar refractivity (Wildman–Crippen MR) is 85.1 cm³/mol. The number of pyridine rings is 1. The summed E-state index contributed by atoms with van der Waals surface area (Å²) in [5, 5.41) is 8.17. The van der Waals surface area contributed by atoms with E-state index in [1.165, 1.54) is 0 Å². The number of nitrogens with one attached hydrogen (secondary N) is 1. The van der Waals surface area contributed by atoms with Crippen LogP contribution in [0.3, 0.4) is 0 Å². The molecule has 1 aliphatic carbocycles. The van der Waals surface area contributed by atoms with Gasteiger partial charge in [-0.1, -0.05) is 0 Å². The van der Waals surface area contributed by atoms with Gasteiger partial charge in [-0.15, -0.1) is 0 Å². The van der Waals surface area contributed by atoms with Crippen LogP contribution in [-0.4, -0.2) is 20.7 Å². The van der Waals surface area contributed by atoms with Gasteiger partial charge in [0.05, 0.1) is 29.5 Å². The minimum absolute atomic E-state index is 0.119. The van der Waals surface area contributed by atoms with Gasteiger partial charge in [0, 0.05) is 18.7 Å². The van der Waals surface area contributed by atoms with Crippen molar-refractivity contribution in [2.75, 3.05) is 0 Å². The maximum atomic E-state index is 12.7. The fourth-order valence-corrected chi connectivity index (χ4v) is 2.91. The number of aryl methyl sites for hydroxylation is 2. The molecule has 3 aromatic rings. The van der Waals surface area contributed by atoms with Gasteiger partial charge in [0.15, 0.2) is 5.65 Å². The van der Waals surface area contributed by atoms with Crippen molar-refractivity contribution < 1.29 is 9.21 Å². The molecule has 1 saturated carbocycles. The third-order valence-electron chi connectivity index (χ3n) is 4.23. The molecule has 6 heteroatoms. The average molecular weight is 310 g/mol. The lowest BCUT2D eigenvalue weighted by atomic mass is 10.1. The molecule has 1 fully saturated rings. The Morgan fingerprint density at radius 1 is 1.48 bits per heavy atom. The van der Waals surface area contributed by atoms with Crippen LogP contribution >= 0.6 is 0 Å². The summed E-state index contributed by atoms with van der Waals surface area (Å²) in [6.45, 7) is 2.28. The number of hydrogen-bond acceptors (Lipinski definition) is 4. The molecular formula is C17H18N4O2. The van der Waals surface area contributed by atoms with E-state index in [2.05, 4.69) is 10.4 Å². The number of hydrogen-bond donors (Lipinski definition) is 1. The van der Waals surface area contributed by atoms with Gasteiger partial charge in [-0.2, -0.15) is 5.10 Å². The highest BCUT2D eigenvalue weighted by Crippen LogP contribution is 2.40. The molecule has 3 aromatic heterocycles. The smallest absolute Gasteiger partial charge is 0.252 e. The lowest BCUT2D eigenvalue weighted by Crippen LogP contribution is -2.23. The minimum atomic E-state index is -0.119. The molecule has 0 unspecified atom stereocenters. The molecule has 3 heterocycles. The Morgan fingerprint density at radius 2 is 2.30 bits per heavy atom. The topological polar surface area (TPSA) is 73.0 Å². The van der Waals surface area contributed by atoms with Gasteiger partial charge in [0.25, 0.3) is 5.91 Å². The molecular weight excluding hydrogens is 292 g/mol. The van der Waals surface area contributed by atoms with Gasteiger partial charge in [-0.3, -0.25) is 9.48 Å². The van der Waals surface area contributed by atoms with E-state index in [4.69, 9.17) is 9.40 Å². The molecule has 0 bridgehead atoms. The maximum absolute atomic E-state index is 12.7. The summed E-state index contributed by atoms with van der Waals surface area (Å²) in [5.41, 5.74) is 3.23. The van der Waals surface area contributed by atoms with Gasteiger partial charge in [-0.05, 0) is 38.0 Å². The third kappa shape index (κ3) is 2.50. The summed E-state index contributed by atoms with van der Waals surface area (Å²) in [6.07, 6.45) is 3.88. The van der Waals surface area contributed by atoms with Crippen LogP contribution < -0.4 is 5.32 Å². The van der Waals surface area contributed by atoms with Crippen molar-refractivity contribution in [3.05, 3.63) is 47.2 Å². The number of fused-ring (bicyclic) bond motifs is 1. The zero-order valence-electron chi connectivity index (χ0n) is 13.2. The van der Waals surface area contributed by atoms with Crippen molar-refractivity contribution in [1.29, 1.82) is 0 Å². The summed E-state index contributed by atoms with van der Waals surface area (Å²) in [4.78, 5) is 17.4. The van der Waals surface area contributed by atoms with Gasteiger partial charge in [0.1, 0.15) is 5.76 Å². The van der Waals surface area contributed by atoms with Crippen LogP contribution in [0.25, 0.3) is 11.0 Å². The molecule has 1 aliphatic rings. The first-order valence-corrected chi connectivity index (χ1v) is 7.78. The summed E-state index contributed by atoms with van der Waals surface area (Å²) in [7, 11) is 1.86. The first-order valence-electron chi connectivity index (χ1n) is 7.78. The summed E-state index contributed by atoms with van der Waals surface area (Å²) in [5.74, 6) is 1.09. The van der Waals surface area contributed by atoms with Crippen LogP contribution in [0.5, 0.6) is 0 Å². The standard InChI is InChI=1S/C17H18N4O2/c1-10-15-13(17(22)18-9-12-4-3-7-23-12)8-14(11-5-6-11)19-16(15)21(2)20-10/h3-4,7-8,11H,5-6,9H2,1-2H3,(H,18,22). The van der Waals surface area contributed by atoms with E-state index in [9.17, 15) is 4.79 Å². The normalized spacial score (nSPS) is 14.3. The van der Waals surface area contributed by atoms with Crippen LogP contribution in [0.2, 0.25) is 0 Å². The number of nitrogens with zero attached hydrogens (tertiary/aromatic N) is 3. The van der Waals surface area contributed by atoms with Crippen molar-refractivity contribution in [3.63, 3.8) is 0 Å². The molecule has 0 radical (unpaired) electrons. The Hall–Kier alpha value is -2.63. The number of rotatable bonds is 4. The number of furan rings is 1. The van der Waals surface area contributed by atoms with Crippen LogP contribution in [0, 0.1) is 6.92 Å². The molecule has 0 aromatic carbocycles. The second-order valence-corrected chi connectivity index (χ2v) is 6.04. The lowest BCUT2D eigenvalue weighted by Gasteiger charge is -2.08. The highest BCUT2D eigenvalue weighted by atomic mass is 16.3. The average Bonchev–Trinajstić information content (AvgIpc) is 3.19. The largest absolute Gasteiger partial charge is 0.467 e. The van der Waals surface area contributed by atoms with E-state index in [-0.39, 0.29) is 5.91 Å². The van der Waals surface area contributed by atoms with Crippen molar-refractivity contribution in [2.45, 2.75) is 32.2 Å². The van der Waals surface area contributed by atoms with Crippen LogP contribution in [0.4, 0.5) is 0 Å². The first-order chi connectivity index (χ1) is 11.1. The molecule has 1 N–H and O–H groups in total. The Morgan fingerprint density at radius 3 is 3.00 bits per heavy atom. The summed E-state index contributed by atoms with van der Waals surface area (Å²) in [6, 6.07) is 5.57. The van der Waals surface area contributed by atoms with Gasteiger partial charge < -0.3 is 9.73 Å². The van der Waals surface area contributed by atoms with Gasteiger partial charge in [0.2, 0.25) is 0 Å². The van der Waals surface area contributed by atoms with Crippen LogP contribution in [0.1, 0.15) is 46.3 Å². The highest BCUT2D eigenvalue weighted by Gasteiger charge is 2.28. The van der Waals surface area contributed by atoms with Crippen molar-refractivity contribution in [1.82, 2.24) is 20.1 Å².